The van der Waals surface area contributed by atoms with E-state index in [1.54, 1.807) is 24.4 Å². The van der Waals surface area contributed by atoms with Crippen LogP contribution in [0.5, 0.6) is 0 Å². The molecule has 0 fully saturated rings. The van der Waals surface area contributed by atoms with Gasteiger partial charge in [0.2, 0.25) is 0 Å². The van der Waals surface area contributed by atoms with Gasteiger partial charge < -0.3 is 10.6 Å². The van der Waals surface area contributed by atoms with E-state index in [4.69, 9.17) is 0 Å². The number of aromatic nitrogens is 1. The molecule has 0 atom stereocenters. The molecule has 0 spiro atoms. The standard InChI is InChI=1S/C20H19N3O/c1-14-8-9-15(2)18(12-14)22-17-10-11-19(21-13-17)23-20(24)16-6-4-3-5-7-16/h3-13,22H,1-2H3,(H,21,23,24). The average Bonchev–Trinajstić information content (AvgIpc) is 2.60. The summed E-state index contributed by atoms with van der Waals surface area (Å²) in [5.41, 5.74) is 4.90. The van der Waals surface area contributed by atoms with Gasteiger partial charge in [0.1, 0.15) is 5.82 Å². The van der Waals surface area contributed by atoms with Gasteiger partial charge in [-0.25, -0.2) is 4.98 Å². The van der Waals surface area contributed by atoms with Crippen molar-refractivity contribution in [3.8, 4) is 0 Å². The maximum atomic E-state index is 12.1. The first-order chi connectivity index (χ1) is 11.6. The number of carbonyl (C=O) groups excluding carboxylic acids is 1. The summed E-state index contributed by atoms with van der Waals surface area (Å²) in [4.78, 5) is 16.4. The van der Waals surface area contributed by atoms with Crippen LogP contribution in [0.1, 0.15) is 21.5 Å². The van der Waals surface area contributed by atoms with E-state index in [0.29, 0.717) is 11.4 Å². The fourth-order valence-corrected chi connectivity index (χ4v) is 2.35. The van der Waals surface area contributed by atoms with Crippen molar-refractivity contribution in [2.24, 2.45) is 0 Å². The lowest BCUT2D eigenvalue weighted by Gasteiger charge is -2.11. The molecule has 0 saturated carbocycles. The topological polar surface area (TPSA) is 54.0 Å². The Hall–Kier alpha value is -3.14. The molecule has 2 aromatic carbocycles. The van der Waals surface area contributed by atoms with E-state index >= 15 is 0 Å². The molecule has 0 saturated heterocycles. The number of anilines is 3. The molecule has 0 unspecified atom stereocenters. The Labute approximate surface area is 141 Å². The van der Waals surface area contributed by atoms with Gasteiger partial charge in [-0.05, 0) is 55.3 Å². The molecule has 2 N–H and O–H groups in total. The van der Waals surface area contributed by atoms with Crippen molar-refractivity contribution in [1.82, 2.24) is 4.98 Å². The molecule has 0 aliphatic heterocycles. The Bertz CT molecular complexity index is 843. The van der Waals surface area contributed by atoms with Crippen molar-refractivity contribution >= 4 is 23.1 Å². The first-order valence-corrected chi connectivity index (χ1v) is 7.78. The first-order valence-electron chi connectivity index (χ1n) is 7.78. The molecule has 4 nitrogen and oxygen atoms in total. The van der Waals surface area contributed by atoms with E-state index in [9.17, 15) is 4.79 Å². The smallest absolute Gasteiger partial charge is 0.256 e. The maximum Gasteiger partial charge on any atom is 0.256 e. The molecule has 0 aliphatic carbocycles. The Morgan fingerprint density at radius 2 is 1.75 bits per heavy atom. The van der Waals surface area contributed by atoms with Crippen molar-refractivity contribution < 1.29 is 4.79 Å². The Kier molecular flexibility index (Phi) is 4.57. The predicted molar refractivity (Wildman–Crippen MR) is 97.8 cm³/mol. The summed E-state index contributed by atoms with van der Waals surface area (Å²) in [7, 11) is 0. The third kappa shape index (κ3) is 3.79. The summed E-state index contributed by atoms with van der Waals surface area (Å²) >= 11 is 0. The quantitative estimate of drug-likeness (QED) is 0.733. The number of amides is 1. The summed E-state index contributed by atoms with van der Waals surface area (Å²) in [6, 6.07) is 19.0. The number of nitrogens with zero attached hydrogens (tertiary/aromatic N) is 1. The first kappa shape index (κ1) is 15.7. The van der Waals surface area contributed by atoms with Crippen LogP contribution in [0.25, 0.3) is 0 Å². The summed E-state index contributed by atoms with van der Waals surface area (Å²) in [5.74, 6) is 0.355. The molecule has 4 heteroatoms. The highest BCUT2D eigenvalue weighted by molar-refractivity contribution is 6.03. The van der Waals surface area contributed by atoms with Crippen LogP contribution in [0.3, 0.4) is 0 Å². The number of carbonyl (C=O) groups is 1. The van der Waals surface area contributed by atoms with E-state index in [1.165, 1.54) is 11.1 Å². The molecule has 3 rings (SSSR count). The minimum Gasteiger partial charge on any atom is -0.354 e. The molecule has 1 aromatic heterocycles. The summed E-state index contributed by atoms with van der Waals surface area (Å²) < 4.78 is 0. The molecule has 1 heterocycles. The second-order valence-electron chi connectivity index (χ2n) is 5.70. The predicted octanol–water partition coefficient (Wildman–Crippen LogP) is 4.69. The maximum absolute atomic E-state index is 12.1. The van der Waals surface area contributed by atoms with Crippen LogP contribution < -0.4 is 10.6 Å². The monoisotopic (exact) mass is 317 g/mol. The van der Waals surface area contributed by atoms with Gasteiger partial charge in [0.15, 0.2) is 0 Å². The lowest BCUT2D eigenvalue weighted by molar-refractivity contribution is 0.102. The number of benzene rings is 2. The van der Waals surface area contributed by atoms with Crippen LogP contribution in [-0.4, -0.2) is 10.9 Å². The zero-order valence-electron chi connectivity index (χ0n) is 13.7. The SMILES string of the molecule is Cc1ccc(C)c(Nc2ccc(NC(=O)c3ccccc3)nc2)c1. The third-order valence-electron chi connectivity index (χ3n) is 3.71. The zero-order valence-corrected chi connectivity index (χ0v) is 13.7. The minimum atomic E-state index is -0.168. The molecule has 120 valence electrons. The zero-order chi connectivity index (χ0) is 16.9. The van der Waals surface area contributed by atoms with Crippen molar-refractivity contribution in [2.75, 3.05) is 10.6 Å². The highest BCUT2D eigenvalue weighted by Gasteiger charge is 2.06. The van der Waals surface area contributed by atoms with Crippen molar-refractivity contribution in [2.45, 2.75) is 13.8 Å². The molecule has 3 aromatic rings. The highest BCUT2D eigenvalue weighted by Crippen LogP contribution is 2.22. The van der Waals surface area contributed by atoms with Crippen molar-refractivity contribution in [3.63, 3.8) is 0 Å². The van der Waals surface area contributed by atoms with Gasteiger partial charge in [-0.3, -0.25) is 4.79 Å². The number of nitrogens with one attached hydrogen (secondary N) is 2. The van der Waals surface area contributed by atoms with E-state index in [2.05, 4.69) is 47.7 Å². The number of aryl methyl sites for hydroxylation is 2. The molecule has 0 bridgehead atoms. The van der Waals surface area contributed by atoms with E-state index < -0.39 is 0 Å². The van der Waals surface area contributed by atoms with E-state index in [1.807, 2.05) is 24.3 Å². The number of hydrogen-bond acceptors (Lipinski definition) is 3. The Balaban J connectivity index is 1.69. The minimum absolute atomic E-state index is 0.168. The molecule has 1 amide bonds. The average molecular weight is 317 g/mol. The van der Waals surface area contributed by atoms with Crippen LogP contribution in [0.4, 0.5) is 17.2 Å². The number of hydrogen-bond donors (Lipinski definition) is 2. The van der Waals surface area contributed by atoms with E-state index in [-0.39, 0.29) is 5.91 Å². The molecule has 0 aliphatic rings. The molecule has 24 heavy (non-hydrogen) atoms. The molecule has 0 radical (unpaired) electrons. The van der Waals surface area contributed by atoms with Crippen molar-refractivity contribution in [1.29, 1.82) is 0 Å². The summed E-state index contributed by atoms with van der Waals surface area (Å²) in [5, 5.41) is 6.14. The van der Waals surface area contributed by atoms with Gasteiger partial charge in [0.25, 0.3) is 5.91 Å². The van der Waals surface area contributed by atoms with Gasteiger partial charge in [0.05, 0.1) is 11.9 Å². The van der Waals surface area contributed by atoms with Crippen LogP contribution >= 0.6 is 0 Å². The van der Waals surface area contributed by atoms with Crippen LogP contribution in [-0.2, 0) is 0 Å². The van der Waals surface area contributed by atoms with Crippen LogP contribution in [0, 0.1) is 13.8 Å². The van der Waals surface area contributed by atoms with Gasteiger partial charge in [-0.2, -0.15) is 0 Å². The fraction of sp³-hybridized carbons (Fsp3) is 0.100. The van der Waals surface area contributed by atoms with Gasteiger partial charge in [0, 0.05) is 11.3 Å². The summed E-state index contributed by atoms with van der Waals surface area (Å²) in [6.07, 6.45) is 1.71. The Morgan fingerprint density at radius 3 is 2.46 bits per heavy atom. The fourth-order valence-electron chi connectivity index (χ4n) is 2.35. The van der Waals surface area contributed by atoms with Crippen molar-refractivity contribution in [3.05, 3.63) is 83.6 Å². The van der Waals surface area contributed by atoms with E-state index in [0.717, 1.165) is 11.4 Å². The van der Waals surface area contributed by atoms with Gasteiger partial charge in [-0.1, -0.05) is 30.3 Å². The lowest BCUT2D eigenvalue weighted by Crippen LogP contribution is -2.12. The summed E-state index contributed by atoms with van der Waals surface area (Å²) in [6.45, 7) is 4.12. The highest BCUT2D eigenvalue weighted by atomic mass is 16.1. The number of rotatable bonds is 4. The van der Waals surface area contributed by atoms with Gasteiger partial charge >= 0.3 is 0 Å². The second-order valence-corrected chi connectivity index (χ2v) is 5.70. The molecular formula is C20H19N3O. The van der Waals surface area contributed by atoms with Gasteiger partial charge in [-0.15, -0.1) is 0 Å². The normalized spacial score (nSPS) is 10.2. The second kappa shape index (κ2) is 6.96. The van der Waals surface area contributed by atoms with Crippen LogP contribution in [0.2, 0.25) is 0 Å². The molecular weight excluding hydrogens is 298 g/mol. The third-order valence-corrected chi connectivity index (χ3v) is 3.71. The Morgan fingerprint density at radius 1 is 0.958 bits per heavy atom. The lowest BCUT2D eigenvalue weighted by atomic mass is 10.1. The number of pyridine rings is 1. The largest absolute Gasteiger partial charge is 0.354 e. The van der Waals surface area contributed by atoms with Crippen LogP contribution in [0.15, 0.2) is 66.9 Å².